The largest absolute Gasteiger partial charge is 0.455 e. The van der Waals surface area contributed by atoms with Crippen LogP contribution in [0.15, 0.2) is 168 Å². The highest BCUT2D eigenvalue weighted by molar-refractivity contribution is 6.17. The molecule has 2 heteroatoms. The van der Waals surface area contributed by atoms with Crippen LogP contribution in [0, 0.1) is 0 Å². The first-order chi connectivity index (χ1) is 25.2. The minimum absolute atomic E-state index is 0.0211. The van der Waals surface area contributed by atoms with Crippen molar-refractivity contribution in [1.29, 1.82) is 0 Å². The van der Waals surface area contributed by atoms with Crippen LogP contribution < -0.4 is 4.90 Å². The van der Waals surface area contributed by atoms with E-state index in [0.717, 1.165) is 62.6 Å². The first-order valence-corrected chi connectivity index (χ1v) is 18.1. The lowest BCUT2D eigenvalue weighted by Crippen LogP contribution is -2.23. The Balaban J connectivity index is 1.18. The zero-order valence-electron chi connectivity index (χ0n) is 28.9. The van der Waals surface area contributed by atoms with Gasteiger partial charge < -0.3 is 9.32 Å². The molecule has 244 valence electrons. The van der Waals surface area contributed by atoms with Gasteiger partial charge in [-0.2, -0.15) is 0 Å². The number of anilines is 3. The number of benzene rings is 8. The SMILES string of the molecule is CCC1(CC)c2ccccc2-c2ccc(N(c3ccc(-c4ccc5ccccc5c4)cc3)c3cccc4c3ccc3c5ccccc5oc43)cc21. The third-order valence-corrected chi connectivity index (χ3v) is 11.5. The van der Waals surface area contributed by atoms with Gasteiger partial charge in [0, 0.05) is 38.3 Å². The summed E-state index contributed by atoms with van der Waals surface area (Å²) in [4.78, 5) is 2.44. The molecular weight excluding hydrogens is 619 g/mol. The lowest BCUT2D eigenvalue weighted by atomic mass is 9.74. The number of hydrogen-bond acceptors (Lipinski definition) is 2. The molecule has 0 saturated heterocycles. The molecule has 0 atom stereocenters. The van der Waals surface area contributed by atoms with Gasteiger partial charge in [-0.15, -0.1) is 0 Å². The molecule has 0 radical (unpaired) electrons. The fourth-order valence-electron chi connectivity index (χ4n) is 8.91. The summed E-state index contributed by atoms with van der Waals surface area (Å²) in [5.41, 5.74) is 13.2. The van der Waals surface area contributed by atoms with Crippen LogP contribution in [-0.4, -0.2) is 0 Å². The summed E-state index contributed by atoms with van der Waals surface area (Å²) in [6.07, 6.45) is 2.10. The van der Waals surface area contributed by atoms with E-state index in [1.54, 1.807) is 0 Å². The number of furan rings is 1. The molecular formula is C49H37NO. The first kappa shape index (κ1) is 29.8. The third kappa shape index (κ3) is 4.43. The number of para-hydroxylation sites is 1. The van der Waals surface area contributed by atoms with Crippen molar-refractivity contribution >= 4 is 60.5 Å². The molecule has 0 N–H and O–H groups in total. The van der Waals surface area contributed by atoms with E-state index >= 15 is 0 Å². The van der Waals surface area contributed by atoms with Gasteiger partial charge >= 0.3 is 0 Å². The second-order valence-corrected chi connectivity index (χ2v) is 13.9. The summed E-state index contributed by atoms with van der Waals surface area (Å²) in [5, 5.41) is 7.07. The van der Waals surface area contributed by atoms with Crippen LogP contribution in [0.4, 0.5) is 17.1 Å². The lowest BCUT2D eigenvalue weighted by molar-refractivity contribution is 0.490. The van der Waals surface area contributed by atoms with Crippen molar-refractivity contribution < 1.29 is 4.42 Å². The Morgan fingerprint density at radius 3 is 2.00 bits per heavy atom. The van der Waals surface area contributed by atoms with Crippen molar-refractivity contribution in [3.8, 4) is 22.3 Å². The topological polar surface area (TPSA) is 16.4 Å². The van der Waals surface area contributed by atoms with Gasteiger partial charge in [-0.25, -0.2) is 0 Å². The van der Waals surface area contributed by atoms with Crippen molar-refractivity contribution in [2.45, 2.75) is 32.1 Å². The monoisotopic (exact) mass is 655 g/mol. The number of hydrogen-bond donors (Lipinski definition) is 0. The van der Waals surface area contributed by atoms with Crippen LogP contribution >= 0.6 is 0 Å². The molecule has 0 saturated carbocycles. The molecule has 0 fully saturated rings. The molecule has 9 aromatic rings. The quantitative estimate of drug-likeness (QED) is 0.177. The highest BCUT2D eigenvalue weighted by atomic mass is 16.3. The molecule has 0 amide bonds. The third-order valence-electron chi connectivity index (χ3n) is 11.5. The Bertz CT molecular complexity index is 2780. The normalized spacial score (nSPS) is 13.2. The molecule has 1 heterocycles. The maximum absolute atomic E-state index is 6.54. The van der Waals surface area contributed by atoms with E-state index in [1.807, 2.05) is 6.07 Å². The summed E-state index contributed by atoms with van der Waals surface area (Å²) >= 11 is 0. The molecule has 0 spiro atoms. The number of nitrogens with zero attached hydrogens (tertiary/aromatic N) is 1. The van der Waals surface area contributed by atoms with Crippen molar-refractivity contribution in [3.63, 3.8) is 0 Å². The Labute approximate surface area is 298 Å². The predicted molar refractivity (Wildman–Crippen MR) is 216 cm³/mol. The molecule has 0 aliphatic heterocycles. The summed E-state index contributed by atoms with van der Waals surface area (Å²) < 4.78 is 6.54. The van der Waals surface area contributed by atoms with Gasteiger partial charge in [0.2, 0.25) is 0 Å². The minimum Gasteiger partial charge on any atom is -0.455 e. The van der Waals surface area contributed by atoms with Crippen LogP contribution in [0.3, 0.4) is 0 Å². The van der Waals surface area contributed by atoms with Crippen molar-refractivity contribution in [2.75, 3.05) is 4.90 Å². The molecule has 0 unspecified atom stereocenters. The predicted octanol–water partition coefficient (Wildman–Crippen LogP) is 14.1. The Morgan fingerprint density at radius 1 is 0.471 bits per heavy atom. The van der Waals surface area contributed by atoms with E-state index in [4.69, 9.17) is 4.42 Å². The van der Waals surface area contributed by atoms with Crippen LogP contribution in [0.2, 0.25) is 0 Å². The van der Waals surface area contributed by atoms with Gasteiger partial charge in [-0.3, -0.25) is 0 Å². The fourth-order valence-corrected chi connectivity index (χ4v) is 8.91. The van der Waals surface area contributed by atoms with Crippen LogP contribution in [0.5, 0.6) is 0 Å². The van der Waals surface area contributed by atoms with Crippen molar-refractivity contribution in [2.24, 2.45) is 0 Å². The molecule has 0 bridgehead atoms. The molecule has 8 aromatic carbocycles. The van der Waals surface area contributed by atoms with E-state index < -0.39 is 0 Å². The maximum atomic E-state index is 6.54. The molecule has 1 aliphatic carbocycles. The summed E-state index contributed by atoms with van der Waals surface area (Å²) in [6, 6.07) is 60.0. The van der Waals surface area contributed by atoms with E-state index in [1.165, 1.54) is 44.2 Å². The van der Waals surface area contributed by atoms with E-state index in [-0.39, 0.29) is 5.41 Å². The lowest BCUT2D eigenvalue weighted by Gasteiger charge is -2.32. The number of fused-ring (bicyclic) bond motifs is 9. The highest BCUT2D eigenvalue weighted by Crippen LogP contribution is 2.54. The highest BCUT2D eigenvalue weighted by Gasteiger charge is 2.40. The van der Waals surface area contributed by atoms with Crippen LogP contribution in [0.25, 0.3) is 65.7 Å². The standard InChI is InChI=1S/C49H37NO/c1-3-49(4-2)44-17-9-7-14-38(44)39-27-26-37(31-45(39)49)50(36-24-22-33(23-25-36)35-21-20-32-12-5-6-13-34(32)30-35)46-18-11-16-42-40(46)28-29-43-41-15-8-10-19-47(41)51-48(42)43/h5-31H,3-4H2,1-2H3. The molecule has 1 aromatic heterocycles. The van der Waals surface area contributed by atoms with Gasteiger partial charge in [0.15, 0.2) is 0 Å². The Kier molecular flexibility index (Phi) is 6.69. The summed E-state index contributed by atoms with van der Waals surface area (Å²) in [5.74, 6) is 0. The van der Waals surface area contributed by atoms with Gasteiger partial charge in [0.25, 0.3) is 0 Å². The maximum Gasteiger partial charge on any atom is 0.143 e. The second kappa shape index (κ2) is 11.5. The van der Waals surface area contributed by atoms with Crippen LogP contribution in [0.1, 0.15) is 37.8 Å². The van der Waals surface area contributed by atoms with Gasteiger partial charge in [-0.1, -0.05) is 129 Å². The molecule has 51 heavy (non-hydrogen) atoms. The summed E-state index contributed by atoms with van der Waals surface area (Å²) in [7, 11) is 0. The van der Waals surface area contributed by atoms with E-state index in [9.17, 15) is 0 Å². The minimum atomic E-state index is -0.0211. The van der Waals surface area contributed by atoms with Crippen molar-refractivity contribution in [1.82, 2.24) is 0 Å². The first-order valence-electron chi connectivity index (χ1n) is 18.1. The van der Waals surface area contributed by atoms with Gasteiger partial charge in [0.1, 0.15) is 11.2 Å². The average Bonchev–Trinajstić information content (AvgIpc) is 3.72. The smallest absolute Gasteiger partial charge is 0.143 e. The van der Waals surface area contributed by atoms with Crippen molar-refractivity contribution in [3.05, 3.63) is 175 Å². The van der Waals surface area contributed by atoms with Gasteiger partial charge in [-0.05, 0) is 106 Å². The molecule has 2 nitrogen and oxygen atoms in total. The van der Waals surface area contributed by atoms with E-state index in [0.29, 0.717) is 0 Å². The van der Waals surface area contributed by atoms with E-state index in [2.05, 4.69) is 176 Å². The van der Waals surface area contributed by atoms with Gasteiger partial charge in [0.05, 0.1) is 5.69 Å². The molecule has 1 aliphatic rings. The average molecular weight is 656 g/mol. The summed E-state index contributed by atoms with van der Waals surface area (Å²) in [6.45, 7) is 4.68. The Morgan fingerprint density at radius 2 is 1.14 bits per heavy atom. The number of rotatable bonds is 6. The van der Waals surface area contributed by atoms with Crippen LogP contribution in [-0.2, 0) is 5.41 Å². The second-order valence-electron chi connectivity index (χ2n) is 13.9. The zero-order chi connectivity index (χ0) is 34.1. The Hall–Kier alpha value is -6.12. The zero-order valence-corrected chi connectivity index (χ0v) is 28.9. The molecule has 10 rings (SSSR count). The fraction of sp³-hybridized carbons (Fsp3) is 0.102.